The lowest BCUT2D eigenvalue weighted by Crippen LogP contribution is -2.44. The number of unbranched alkanes of at least 4 members (excludes halogenated alkanes) is 42. The minimum atomic E-state index is -0.715. The van der Waals surface area contributed by atoms with Gasteiger partial charge in [-0.1, -0.05) is 303 Å². The highest BCUT2D eigenvalue weighted by Crippen LogP contribution is 2.29. The fraction of sp³-hybridized carbons (Fsp3) is 0.966. The highest BCUT2D eigenvalue weighted by atomic mass is 32.2. The molecule has 1 aliphatic rings. The molecule has 0 bridgehead atoms. The monoisotopic (exact) mass is 950 g/mol. The first-order valence-corrected chi connectivity index (χ1v) is 31.1. The average Bonchev–Trinajstić information content (AvgIpc) is 4.06. The number of hydrogen-bond donors (Lipinski definition) is 2. The Morgan fingerprint density at radius 2 is 0.773 bits per heavy atom. The van der Waals surface area contributed by atoms with Crippen LogP contribution in [0.25, 0.3) is 0 Å². The van der Waals surface area contributed by atoms with E-state index >= 15 is 0 Å². The molecule has 1 saturated heterocycles. The Hall–Kier alpha value is -0.790. The summed E-state index contributed by atoms with van der Waals surface area (Å²) in [6.07, 6.45) is 61.0. The van der Waals surface area contributed by atoms with Crippen LogP contribution in [0.1, 0.15) is 329 Å². The topological polar surface area (TPSA) is 88.2 Å². The molecule has 1 amide bonds. The van der Waals surface area contributed by atoms with Crippen molar-refractivity contribution in [2.45, 2.75) is 354 Å². The zero-order valence-electron chi connectivity index (χ0n) is 44.7. The molecule has 0 aromatic carbocycles. The number of amides is 1. The predicted molar refractivity (Wildman–Crippen MR) is 289 cm³/mol. The highest BCUT2D eigenvalue weighted by molar-refractivity contribution is 7.99. The SMILES string of the molecule is CCCCCCCCCCCCCCCCCCC1OC1OC(=O)[C@H](CSC[C@H](O)CCCCCCCCCCCCCCCCCC)NC(=O)CCCCCCCCCCCCCCC. The Bertz CT molecular complexity index is 1010. The van der Waals surface area contributed by atoms with E-state index in [1.807, 2.05) is 0 Å². The molecule has 0 aliphatic carbocycles. The van der Waals surface area contributed by atoms with Gasteiger partial charge in [-0.05, 0) is 19.3 Å². The Morgan fingerprint density at radius 1 is 0.455 bits per heavy atom. The number of thioether (sulfide) groups is 1. The zero-order chi connectivity index (χ0) is 47.6. The fourth-order valence-electron chi connectivity index (χ4n) is 9.60. The van der Waals surface area contributed by atoms with Crippen molar-refractivity contribution in [3.63, 3.8) is 0 Å². The van der Waals surface area contributed by atoms with E-state index in [-0.39, 0.29) is 12.0 Å². The maximum atomic E-state index is 13.4. The summed E-state index contributed by atoms with van der Waals surface area (Å²) in [7, 11) is 0. The van der Waals surface area contributed by atoms with Gasteiger partial charge in [0.2, 0.25) is 12.2 Å². The third kappa shape index (κ3) is 44.4. The van der Waals surface area contributed by atoms with Crippen LogP contribution in [-0.2, 0) is 19.1 Å². The Balaban J connectivity index is 2.26. The molecule has 0 radical (unpaired) electrons. The van der Waals surface area contributed by atoms with Crippen molar-refractivity contribution >= 4 is 23.6 Å². The number of epoxide rings is 1. The van der Waals surface area contributed by atoms with Gasteiger partial charge in [0.25, 0.3) is 0 Å². The first kappa shape index (κ1) is 63.2. The number of carbonyl (C=O) groups is 2. The number of rotatable bonds is 55. The molecule has 0 aromatic rings. The fourth-order valence-corrected chi connectivity index (χ4v) is 10.6. The van der Waals surface area contributed by atoms with Gasteiger partial charge in [-0.25, -0.2) is 4.79 Å². The van der Waals surface area contributed by atoms with Gasteiger partial charge in [0.1, 0.15) is 12.1 Å². The third-order valence-corrected chi connectivity index (χ3v) is 15.4. The van der Waals surface area contributed by atoms with Crippen LogP contribution in [0.4, 0.5) is 0 Å². The predicted octanol–water partition coefficient (Wildman–Crippen LogP) is 18.6. The number of nitrogens with one attached hydrogen (secondary N) is 1. The number of ether oxygens (including phenoxy) is 2. The minimum Gasteiger partial charge on any atom is -0.431 e. The Kier molecular flexibility index (Phi) is 48.5. The third-order valence-electron chi connectivity index (χ3n) is 14.2. The van der Waals surface area contributed by atoms with Crippen LogP contribution in [0.15, 0.2) is 0 Å². The molecule has 7 heteroatoms. The molecule has 2 N–H and O–H groups in total. The second-order valence-corrected chi connectivity index (χ2v) is 22.0. The number of carbonyl (C=O) groups excluding carboxylic acids is 2. The zero-order valence-corrected chi connectivity index (χ0v) is 45.5. The molecule has 66 heavy (non-hydrogen) atoms. The first-order chi connectivity index (χ1) is 32.5. The second-order valence-electron chi connectivity index (χ2n) is 21.0. The summed E-state index contributed by atoms with van der Waals surface area (Å²) >= 11 is 1.55. The van der Waals surface area contributed by atoms with Gasteiger partial charge in [-0.15, -0.1) is 0 Å². The molecule has 0 spiro atoms. The van der Waals surface area contributed by atoms with Crippen molar-refractivity contribution in [1.82, 2.24) is 5.32 Å². The molecular weight excluding hydrogens is 835 g/mol. The molecule has 6 nitrogen and oxygen atoms in total. The number of esters is 1. The number of aliphatic hydroxyl groups excluding tert-OH is 1. The molecule has 0 aromatic heterocycles. The molecule has 0 saturated carbocycles. The summed E-state index contributed by atoms with van der Waals surface area (Å²) in [5.41, 5.74) is 0. The van der Waals surface area contributed by atoms with Crippen LogP contribution in [0.2, 0.25) is 0 Å². The lowest BCUT2D eigenvalue weighted by Gasteiger charge is -2.18. The van der Waals surface area contributed by atoms with Gasteiger partial charge in [0.05, 0.1) is 6.10 Å². The van der Waals surface area contributed by atoms with E-state index in [9.17, 15) is 14.7 Å². The van der Waals surface area contributed by atoms with Crippen molar-refractivity contribution in [3.05, 3.63) is 0 Å². The van der Waals surface area contributed by atoms with E-state index in [4.69, 9.17) is 9.47 Å². The van der Waals surface area contributed by atoms with Crippen molar-refractivity contribution in [2.24, 2.45) is 0 Å². The molecule has 4 atom stereocenters. The first-order valence-electron chi connectivity index (χ1n) is 29.9. The summed E-state index contributed by atoms with van der Waals surface area (Å²) in [6.45, 7) is 6.85. The molecular formula is C59H115NO5S. The van der Waals surface area contributed by atoms with Crippen molar-refractivity contribution in [2.75, 3.05) is 11.5 Å². The lowest BCUT2D eigenvalue weighted by atomic mass is 10.0. The van der Waals surface area contributed by atoms with Crippen LogP contribution in [0.3, 0.4) is 0 Å². The maximum absolute atomic E-state index is 13.4. The van der Waals surface area contributed by atoms with Gasteiger partial charge in [-0.3, -0.25) is 4.79 Å². The van der Waals surface area contributed by atoms with E-state index in [0.717, 1.165) is 38.5 Å². The summed E-state index contributed by atoms with van der Waals surface area (Å²) in [5, 5.41) is 13.8. The summed E-state index contributed by atoms with van der Waals surface area (Å²) < 4.78 is 11.6. The molecule has 392 valence electrons. The number of aliphatic hydroxyl groups is 1. The number of hydrogen-bond acceptors (Lipinski definition) is 6. The van der Waals surface area contributed by atoms with E-state index < -0.39 is 24.4 Å². The van der Waals surface area contributed by atoms with Crippen molar-refractivity contribution in [3.8, 4) is 0 Å². The Labute approximate surface area is 416 Å². The summed E-state index contributed by atoms with van der Waals surface area (Å²) in [6, 6.07) is -0.715. The molecule has 1 aliphatic heterocycles. The normalized spacial score (nSPS) is 15.6. The van der Waals surface area contributed by atoms with Gasteiger partial charge in [-0.2, -0.15) is 11.8 Å². The van der Waals surface area contributed by atoms with Gasteiger partial charge >= 0.3 is 5.97 Å². The van der Waals surface area contributed by atoms with Gasteiger partial charge in [0.15, 0.2) is 0 Å². The van der Waals surface area contributed by atoms with Crippen molar-refractivity contribution in [1.29, 1.82) is 0 Å². The van der Waals surface area contributed by atoms with E-state index in [2.05, 4.69) is 26.1 Å². The average molecular weight is 951 g/mol. The van der Waals surface area contributed by atoms with E-state index in [1.54, 1.807) is 11.8 Å². The minimum absolute atomic E-state index is 0.0167. The van der Waals surface area contributed by atoms with Crippen LogP contribution >= 0.6 is 11.8 Å². The standard InChI is InChI=1S/C59H115NO5S/c1-4-7-10-13-16-19-22-25-27-29-32-34-37-40-43-46-49-54(61)52-66-53-55(60-57(62)51-48-45-42-39-36-31-24-21-18-15-12-9-6-3)58(63)65-59-56(64-59)50-47-44-41-38-35-33-30-28-26-23-20-17-14-11-8-5-2/h54-56,59,61H,4-53H2,1-3H3,(H,60,62)/t54-,55+,56?,59?/m1/s1. The molecule has 1 rings (SSSR count). The smallest absolute Gasteiger partial charge is 0.331 e. The maximum Gasteiger partial charge on any atom is 0.331 e. The summed E-state index contributed by atoms with van der Waals surface area (Å²) in [4.78, 5) is 26.5. The largest absolute Gasteiger partial charge is 0.431 e. The van der Waals surface area contributed by atoms with E-state index in [0.29, 0.717) is 17.9 Å². The van der Waals surface area contributed by atoms with Gasteiger partial charge < -0.3 is 19.9 Å². The molecule has 2 unspecified atom stereocenters. The lowest BCUT2D eigenvalue weighted by molar-refractivity contribution is -0.151. The van der Waals surface area contributed by atoms with Crippen LogP contribution < -0.4 is 5.32 Å². The van der Waals surface area contributed by atoms with Crippen LogP contribution in [0, 0.1) is 0 Å². The second kappa shape index (κ2) is 50.6. The highest BCUT2D eigenvalue weighted by Gasteiger charge is 2.43. The van der Waals surface area contributed by atoms with Crippen LogP contribution in [0.5, 0.6) is 0 Å². The van der Waals surface area contributed by atoms with Gasteiger partial charge in [0, 0.05) is 17.9 Å². The summed E-state index contributed by atoms with van der Waals surface area (Å²) in [5.74, 6) is 0.512. The molecule has 1 heterocycles. The van der Waals surface area contributed by atoms with E-state index in [1.165, 1.54) is 263 Å². The molecule has 1 fully saturated rings. The Morgan fingerprint density at radius 3 is 1.14 bits per heavy atom. The quantitative estimate of drug-likeness (QED) is 0.0359. The van der Waals surface area contributed by atoms with Crippen molar-refractivity contribution < 1.29 is 24.2 Å². The van der Waals surface area contributed by atoms with Crippen LogP contribution in [-0.4, -0.2) is 53.0 Å².